The Morgan fingerprint density at radius 2 is 1.95 bits per heavy atom. The Morgan fingerprint density at radius 1 is 1.14 bits per heavy atom. The van der Waals surface area contributed by atoms with Gasteiger partial charge in [-0.3, -0.25) is 14.9 Å². The third kappa shape index (κ3) is 3.00. The lowest BCUT2D eigenvalue weighted by atomic mass is 10.2. The lowest BCUT2D eigenvalue weighted by Crippen LogP contribution is -2.17. The average Bonchev–Trinajstić information content (AvgIpc) is 3.00. The van der Waals surface area contributed by atoms with E-state index in [0.29, 0.717) is 27.1 Å². The minimum absolute atomic E-state index is 0.290. The Bertz CT molecular complexity index is 782. The maximum atomic E-state index is 11.5. The number of thioether (sulfide) groups is 1. The first-order valence-corrected chi connectivity index (χ1v) is 7.40. The van der Waals surface area contributed by atoms with E-state index in [-0.39, 0.29) is 4.91 Å². The second-order valence-electron chi connectivity index (χ2n) is 4.18. The average molecular weight is 340 g/mol. The third-order valence-corrected chi connectivity index (χ3v) is 4.11. The maximum Gasteiger partial charge on any atom is 0.290 e. The number of hydrogen-bond donors (Lipinski definition) is 1. The van der Waals surface area contributed by atoms with Crippen LogP contribution in [-0.2, 0) is 4.79 Å². The molecule has 2 aromatic rings. The van der Waals surface area contributed by atoms with E-state index < -0.39 is 11.1 Å². The first-order chi connectivity index (χ1) is 10.0. The molecule has 106 valence electrons. The standard InChI is InChI=1S/C14H7Cl2NO3S/c15-7-1-3-10(16)9(5-7)11-4-2-8(20-11)6-12-13(18)17-14(19)21-12/h1-6H,(H,17,18,19)/b12-6+. The van der Waals surface area contributed by atoms with Gasteiger partial charge in [0.1, 0.15) is 11.5 Å². The summed E-state index contributed by atoms with van der Waals surface area (Å²) in [5.41, 5.74) is 0.661. The van der Waals surface area contributed by atoms with E-state index in [1.807, 2.05) is 0 Å². The normalized spacial score (nSPS) is 16.6. The molecule has 1 fully saturated rings. The summed E-state index contributed by atoms with van der Waals surface area (Å²) in [4.78, 5) is 22.8. The van der Waals surface area contributed by atoms with E-state index in [1.54, 1.807) is 30.3 Å². The molecule has 0 atom stereocenters. The molecule has 4 nitrogen and oxygen atoms in total. The number of carbonyl (C=O) groups excluding carboxylic acids is 2. The van der Waals surface area contributed by atoms with Gasteiger partial charge in [-0.05, 0) is 42.1 Å². The van der Waals surface area contributed by atoms with Gasteiger partial charge in [-0.15, -0.1) is 0 Å². The fourth-order valence-electron chi connectivity index (χ4n) is 1.81. The number of furan rings is 1. The van der Waals surface area contributed by atoms with Gasteiger partial charge < -0.3 is 4.42 Å². The van der Waals surface area contributed by atoms with E-state index in [9.17, 15) is 9.59 Å². The van der Waals surface area contributed by atoms with Gasteiger partial charge in [-0.2, -0.15) is 0 Å². The van der Waals surface area contributed by atoms with Crippen LogP contribution in [0.15, 0.2) is 39.7 Å². The second kappa shape index (κ2) is 5.60. The predicted octanol–water partition coefficient (Wildman–Crippen LogP) is 4.58. The Kier molecular flexibility index (Phi) is 3.80. The van der Waals surface area contributed by atoms with Gasteiger partial charge in [0.05, 0.1) is 9.93 Å². The molecule has 2 amide bonds. The van der Waals surface area contributed by atoms with Gasteiger partial charge in [0.25, 0.3) is 11.1 Å². The Morgan fingerprint density at radius 3 is 2.67 bits per heavy atom. The third-order valence-electron chi connectivity index (χ3n) is 2.74. The minimum Gasteiger partial charge on any atom is -0.457 e. The van der Waals surface area contributed by atoms with E-state index in [2.05, 4.69) is 5.32 Å². The number of imide groups is 1. The monoisotopic (exact) mass is 339 g/mol. The van der Waals surface area contributed by atoms with Crippen molar-refractivity contribution in [1.29, 1.82) is 0 Å². The van der Waals surface area contributed by atoms with Crippen molar-refractivity contribution in [2.45, 2.75) is 0 Å². The summed E-state index contributed by atoms with van der Waals surface area (Å²) in [5, 5.41) is 2.84. The van der Waals surface area contributed by atoms with Crippen LogP contribution in [0.5, 0.6) is 0 Å². The largest absolute Gasteiger partial charge is 0.457 e. The Balaban J connectivity index is 1.94. The first-order valence-electron chi connectivity index (χ1n) is 5.83. The van der Waals surface area contributed by atoms with E-state index in [1.165, 1.54) is 6.08 Å². The lowest BCUT2D eigenvalue weighted by molar-refractivity contribution is -0.115. The molecule has 1 aromatic carbocycles. The molecule has 21 heavy (non-hydrogen) atoms. The van der Waals surface area contributed by atoms with Crippen molar-refractivity contribution >= 4 is 52.2 Å². The van der Waals surface area contributed by atoms with E-state index >= 15 is 0 Å². The quantitative estimate of drug-likeness (QED) is 0.813. The highest BCUT2D eigenvalue weighted by molar-refractivity contribution is 8.18. The topological polar surface area (TPSA) is 59.3 Å². The maximum absolute atomic E-state index is 11.5. The van der Waals surface area contributed by atoms with Crippen molar-refractivity contribution in [3.63, 3.8) is 0 Å². The van der Waals surface area contributed by atoms with Crippen LogP contribution >= 0.6 is 35.0 Å². The number of hydrogen-bond acceptors (Lipinski definition) is 4. The van der Waals surface area contributed by atoms with Crippen LogP contribution < -0.4 is 5.32 Å². The number of carbonyl (C=O) groups is 2. The first kappa shape index (κ1) is 14.3. The number of nitrogens with one attached hydrogen (secondary N) is 1. The molecule has 7 heteroatoms. The molecule has 1 aliphatic heterocycles. The van der Waals surface area contributed by atoms with Crippen LogP contribution in [-0.4, -0.2) is 11.1 Å². The van der Waals surface area contributed by atoms with Crippen molar-refractivity contribution in [3.05, 3.63) is 51.0 Å². The van der Waals surface area contributed by atoms with Gasteiger partial charge in [0.2, 0.25) is 0 Å². The number of amides is 2. The van der Waals surface area contributed by atoms with Gasteiger partial charge in [0, 0.05) is 16.7 Å². The fraction of sp³-hybridized carbons (Fsp3) is 0. The molecule has 1 saturated heterocycles. The zero-order chi connectivity index (χ0) is 15.0. The SMILES string of the molecule is O=C1NC(=O)/C(=C\c2ccc(-c3cc(Cl)ccc3Cl)o2)S1. The van der Waals surface area contributed by atoms with Crippen LogP contribution in [0, 0.1) is 0 Å². The number of benzene rings is 1. The zero-order valence-electron chi connectivity index (χ0n) is 10.4. The van der Waals surface area contributed by atoms with Crippen molar-refractivity contribution in [2.24, 2.45) is 0 Å². The summed E-state index contributed by atoms with van der Waals surface area (Å²) in [6, 6.07) is 8.48. The molecule has 1 aliphatic rings. The molecule has 0 aliphatic carbocycles. The highest BCUT2D eigenvalue weighted by Gasteiger charge is 2.25. The summed E-state index contributed by atoms with van der Waals surface area (Å²) in [5.74, 6) is 0.557. The summed E-state index contributed by atoms with van der Waals surface area (Å²) < 4.78 is 5.63. The van der Waals surface area contributed by atoms with Crippen LogP contribution in [0.3, 0.4) is 0 Å². The zero-order valence-corrected chi connectivity index (χ0v) is 12.7. The summed E-state index contributed by atoms with van der Waals surface area (Å²) >= 11 is 12.9. The minimum atomic E-state index is -0.427. The summed E-state index contributed by atoms with van der Waals surface area (Å²) in [6.07, 6.45) is 1.51. The molecule has 3 rings (SSSR count). The molecule has 0 saturated carbocycles. The van der Waals surface area contributed by atoms with Crippen molar-refractivity contribution in [3.8, 4) is 11.3 Å². The number of rotatable bonds is 2. The fourth-order valence-corrected chi connectivity index (χ4v) is 2.86. The van der Waals surface area contributed by atoms with E-state index in [4.69, 9.17) is 27.6 Å². The molecule has 1 N–H and O–H groups in total. The highest BCUT2D eigenvalue weighted by atomic mass is 35.5. The molecular weight excluding hydrogens is 333 g/mol. The van der Waals surface area contributed by atoms with Crippen molar-refractivity contribution in [2.75, 3.05) is 0 Å². The molecule has 0 bridgehead atoms. The smallest absolute Gasteiger partial charge is 0.290 e. The molecule has 1 aromatic heterocycles. The van der Waals surface area contributed by atoms with Crippen LogP contribution in [0.2, 0.25) is 10.0 Å². The Hall–Kier alpha value is -1.69. The van der Waals surface area contributed by atoms with Crippen molar-refractivity contribution in [1.82, 2.24) is 5.32 Å². The van der Waals surface area contributed by atoms with Gasteiger partial charge >= 0.3 is 0 Å². The van der Waals surface area contributed by atoms with Crippen LogP contribution in [0.1, 0.15) is 5.76 Å². The van der Waals surface area contributed by atoms with Gasteiger partial charge in [-0.25, -0.2) is 0 Å². The Labute approximate surface area is 134 Å². The molecule has 0 unspecified atom stereocenters. The predicted molar refractivity (Wildman–Crippen MR) is 83.3 cm³/mol. The van der Waals surface area contributed by atoms with Gasteiger partial charge in [0.15, 0.2) is 0 Å². The highest BCUT2D eigenvalue weighted by Crippen LogP contribution is 2.33. The van der Waals surface area contributed by atoms with Crippen LogP contribution in [0.25, 0.3) is 17.4 Å². The molecule has 0 radical (unpaired) electrons. The van der Waals surface area contributed by atoms with E-state index in [0.717, 1.165) is 11.8 Å². The number of halogens is 2. The summed E-state index contributed by atoms with van der Waals surface area (Å²) in [6.45, 7) is 0. The second-order valence-corrected chi connectivity index (χ2v) is 6.04. The van der Waals surface area contributed by atoms with Gasteiger partial charge in [-0.1, -0.05) is 23.2 Å². The summed E-state index contributed by atoms with van der Waals surface area (Å²) in [7, 11) is 0. The lowest BCUT2D eigenvalue weighted by Gasteiger charge is -2.01. The van der Waals surface area contributed by atoms with Crippen LogP contribution in [0.4, 0.5) is 4.79 Å². The molecule has 0 spiro atoms. The molecular formula is C14H7Cl2NO3S. The molecule has 2 heterocycles. The van der Waals surface area contributed by atoms with Crippen molar-refractivity contribution < 1.29 is 14.0 Å².